The minimum absolute atomic E-state index is 0.0228. The van der Waals surface area contributed by atoms with E-state index < -0.39 is 0 Å². The SMILES string of the molecule is C/C=C/C=C/C(=O)N1CCN(C(=O)c2n[nH]c3ccccc23)CC1. The van der Waals surface area contributed by atoms with Gasteiger partial charge in [-0.25, -0.2) is 0 Å². The number of allylic oxidation sites excluding steroid dienone is 3. The lowest BCUT2D eigenvalue weighted by atomic mass is 10.2. The van der Waals surface area contributed by atoms with Gasteiger partial charge in [0.05, 0.1) is 5.52 Å². The Bertz CT molecular complexity index is 798. The van der Waals surface area contributed by atoms with Gasteiger partial charge >= 0.3 is 0 Å². The molecule has 1 N–H and O–H groups in total. The number of benzene rings is 1. The second-order valence-corrected chi connectivity index (χ2v) is 5.62. The molecule has 0 spiro atoms. The summed E-state index contributed by atoms with van der Waals surface area (Å²) in [4.78, 5) is 28.2. The van der Waals surface area contributed by atoms with Crippen LogP contribution in [-0.4, -0.2) is 58.0 Å². The van der Waals surface area contributed by atoms with E-state index in [-0.39, 0.29) is 11.8 Å². The summed E-state index contributed by atoms with van der Waals surface area (Å²) in [6.07, 6.45) is 6.98. The van der Waals surface area contributed by atoms with Crippen molar-refractivity contribution < 1.29 is 9.59 Å². The molecule has 0 aliphatic carbocycles. The van der Waals surface area contributed by atoms with Crippen LogP contribution in [0.15, 0.2) is 48.6 Å². The minimum Gasteiger partial charge on any atom is -0.336 e. The number of rotatable bonds is 3. The van der Waals surface area contributed by atoms with Gasteiger partial charge in [-0.1, -0.05) is 36.4 Å². The number of hydrogen-bond donors (Lipinski definition) is 1. The predicted molar refractivity (Wildman–Crippen MR) is 92.5 cm³/mol. The van der Waals surface area contributed by atoms with Gasteiger partial charge in [0.15, 0.2) is 5.69 Å². The Labute approximate surface area is 140 Å². The van der Waals surface area contributed by atoms with E-state index in [4.69, 9.17) is 0 Å². The zero-order valence-corrected chi connectivity index (χ0v) is 13.6. The largest absolute Gasteiger partial charge is 0.336 e. The first-order chi connectivity index (χ1) is 11.7. The van der Waals surface area contributed by atoms with Gasteiger partial charge in [-0.3, -0.25) is 14.7 Å². The smallest absolute Gasteiger partial charge is 0.275 e. The third kappa shape index (κ3) is 3.22. The molecule has 0 radical (unpaired) electrons. The summed E-state index contributed by atoms with van der Waals surface area (Å²) in [6, 6.07) is 7.58. The zero-order valence-electron chi connectivity index (χ0n) is 13.6. The minimum atomic E-state index is -0.0935. The Kier molecular flexibility index (Phi) is 4.74. The number of carbonyl (C=O) groups excluding carboxylic acids is 2. The van der Waals surface area contributed by atoms with Gasteiger partial charge in [0.25, 0.3) is 5.91 Å². The summed E-state index contributed by atoms with van der Waals surface area (Å²) in [5.74, 6) is -0.116. The molecule has 6 heteroatoms. The Hall–Kier alpha value is -2.89. The molecule has 0 unspecified atom stereocenters. The molecule has 0 saturated carbocycles. The maximum absolute atomic E-state index is 12.7. The molecule has 1 aliphatic rings. The lowest BCUT2D eigenvalue weighted by Gasteiger charge is -2.33. The highest BCUT2D eigenvalue weighted by atomic mass is 16.2. The van der Waals surface area contributed by atoms with Crippen LogP contribution >= 0.6 is 0 Å². The maximum atomic E-state index is 12.7. The van der Waals surface area contributed by atoms with E-state index >= 15 is 0 Å². The molecule has 6 nitrogen and oxygen atoms in total. The van der Waals surface area contributed by atoms with Crippen molar-refractivity contribution in [1.82, 2.24) is 20.0 Å². The average molecular weight is 324 g/mol. The molecule has 2 amide bonds. The first-order valence-corrected chi connectivity index (χ1v) is 8.01. The summed E-state index contributed by atoms with van der Waals surface area (Å²) in [5.41, 5.74) is 1.29. The third-order valence-corrected chi connectivity index (χ3v) is 4.09. The van der Waals surface area contributed by atoms with Crippen molar-refractivity contribution >= 4 is 22.7 Å². The number of H-pyrrole nitrogens is 1. The number of nitrogens with one attached hydrogen (secondary N) is 1. The molecule has 24 heavy (non-hydrogen) atoms. The fraction of sp³-hybridized carbons (Fsp3) is 0.278. The summed E-state index contributed by atoms with van der Waals surface area (Å²) in [6.45, 7) is 4.00. The summed E-state index contributed by atoms with van der Waals surface area (Å²) in [7, 11) is 0. The van der Waals surface area contributed by atoms with Crippen molar-refractivity contribution in [2.24, 2.45) is 0 Å². The zero-order chi connectivity index (χ0) is 16.9. The number of amides is 2. The molecular formula is C18H20N4O2. The van der Waals surface area contributed by atoms with E-state index in [9.17, 15) is 9.59 Å². The summed E-state index contributed by atoms with van der Waals surface area (Å²) < 4.78 is 0. The fourth-order valence-electron chi connectivity index (χ4n) is 2.76. The van der Waals surface area contributed by atoms with Crippen LogP contribution < -0.4 is 0 Å². The third-order valence-electron chi connectivity index (χ3n) is 4.09. The second-order valence-electron chi connectivity index (χ2n) is 5.62. The quantitative estimate of drug-likeness (QED) is 0.693. The van der Waals surface area contributed by atoms with Crippen molar-refractivity contribution in [3.05, 3.63) is 54.3 Å². The Morgan fingerprint density at radius 1 is 1.08 bits per heavy atom. The number of aromatic nitrogens is 2. The van der Waals surface area contributed by atoms with Crippen LogP contribution in [0.25, 0.3) is 10.9 Å². The van der Waals surface area contributed by atoms with E-state index in [1.54, 1.807) is 22.0 Å². The average Bonchev–Trinajstić information content (AvgIpc) is 3.05. The van der Waals surface area contributed by atoms with Crippen LogP contribution in [0.1, 0.15) is 17.4 Å². The van der Waals surface area contributed by atoms with Crippen LogP contribution in [-0.2, 0) is 4.79 Å². The van der Waals surface area contributed by atoms with Gasteiger partial charge in [0, 0.05) is 37.6 Å². The number of carbonyl (C=O) groups is 2. The van der Waals surface area contributed by atoms with Crippen LogP contribution in [0.3, 0.4) is 0 Å². The molecule has 124 valence electrons. The Morgan fingerprint density at radius 2 is 1.79 bits per heavy atom. The van der Waals surface area contributed by atoms with E-state index in [1.165, 1.54) is 0 Å². The first kappa shape index (κ1) is 16.0. The second kappa shape index (κ2) is 7.12. The van der Waals surface area contributed by atoms with Crippen LogP contribution in [0, 0.1) is 0 Å². The van der Waals surface area contributed by atoms with E-state index in [2.05, 4.69) is 10.2 Å². The molecule has 1 saturated heterocycles. The molecule has 0 bridgehead atoms. The maximum Gasteiger partial charge on any atom is 0.275 e. The topological polar surface area (TPSA) is 69.3 Å². The van der Waals surface area contributed by atoms with Gasteiger partial charge in [0.2, 0.25) is 5.91 Å². The van der Waals surface area contributed by atoms with Crippen molar-refractivity contribution in [2.45, 2.75) is 6.92 Å². The highest BCUT2D eigenvalue weighted by Crippen LogP contribution is 2.17. The van der Waals surface area contributed by atoms with E-state index in [1.807, 2.05) is 43.3 Å². The summed E-state index contributed by atoms with van der Waals surface area (Å²) in [5, 5.41) is 7.87. The number of aromatic amines is 1. The monoisotopic (exact) mass is 324 g/mol. The predicted octanol–water partition coefficient (Wildman–Crippen LogP) is 1.98. The molecule has 1 aromatic heterocycles. The molecule has 2 aromatic rings. The van der Waals surface area contributed by atoms with Crippen molar-refractivity contribution in [2.75, 3.05) is 26.2 Å². The lowest BCUT2D eigenvalue weighted by molar-refractivity contribution is -0.127. The van der Waals surface area contributed by atoms with Crippen LogP contribution in [0.4, 0.5) is 0 Å². The highest BCUT2D eigenvalue weighted by Gasteiger charge is 2.26. The number of para-hydroxylation sites is 1. The van der Waals surface area contributed by atoms with Crippen LogP contribution in [0.5, 0.6) is 0 Å². The lowest BCUT2D eigenvalue weighted by Crippen LogP contribution is -2.50. The van der Waals surface area contributed by atoms with Crippen molar-refractivity contribution in [3.63, 3.8) is 0 Å². The molecule has 1 fully saturated rings. The number of fused-ring (bicyclic) bond motifs is 1. The molecule has 1 aliphatic heterocycles. The van der Waals surface area contributed by atoms with Gasteiger partial charge in [-0.15, -0.1) is 0 Å². The number of nitrogens with zero attached hydrogens (tertiary/aromatic N) is 3. The molecule has 0 atom stereocenters. The van der Waals surface area contributed by atoms with E-state index in [0.29, 0.717) is 31.9 Å². The van der Waals surface area contributed by atoms with Crippen molar-refractivity contribution in [1.29, 1.82) is 0 Å². The molecule has 3 rings (SSSR count). The number of hydrogen-bond acceptors (Lipinski definition) is 3. The number of piperazine rings is 1. The van der Waals surface area contributed by atoms with Gasteiger partial charge in [-0.2, -0.15) is 5.10 Å². The Balaban J connectivity index is 1.64. The normalized spacial score (nSPS) is 15.7. The highest BCUT2D eigenvalue weighted by molar-refractivity contribution is 6.04. The van der Waals surface area contributed by atoms with Gasteiger partial charge in [0.1, 0.15) is 0 Å². The first-order valence-electron chi connectivity index (χ1n) is 8.01. The van der Waals surface area contributed by atoms with E-state index in [0.717, 1.165) is 10.9 Å². The summed E-state index contributed by atoms with van der Waals surface area (Å²) >= 11 is 0. The van der Waals surface area contributed by atoms with Crippen molar-refractivity contribution in [3.8, 4) is 0 Å². The van der Waals surface area contributed by atoms with Gasteiger partial charge in [-0.05, 0) is 13.0 Å². The Morgan fingerprint density at radius 3 is 2.54 bits per heavy atom. The molecule has 1 aromatic carbocycles. The standard InChI is InChI=1S/C18H20N4O2/c1-2-3-4-9-16(23)21-10-12-22(13-11-21)18(24)17-14-7-5-6-8-15(14)19-20-17/h2-9H,10-13H2,1H3,(H,19,20)/b3-2+,9-4+. The van der Waals surface area contributed by atoms with Crippen LogP contribution in [0.2, 0.25) is 0 Å². The molecule has 2 heterocycles. The molecular weight excluding hydrogens is 304 g/mol. The fourth-order valence-corrected chi connectivity index (χ4v) is 2.76. The van der Waals surface area contributed by atoms with Gasteiger partial charge < -0.3 is 9.80 Å².